The molecule has 0 aliphatic carbocycles. The highest BCUT2D eigenvalue weighted by Crippen LogP contribution is 2.23. The Hall–Kier alpha value is -2.99. The quantitative estimate of drug-likeness (QED) is 0.573. The van der Waals surface area contributed by atoms with Crippen molar-refractivity contribution in [3.05, 3.63) is 59.1 Å². The maximum Gasteiger partial charge on any atom is 0.331 e. The van der Waals surface area contributed by atoms with Crippen LogP contribution in [0.4, 0.5) is 5.69 Å². The molecule has 2 aromatic carbocycles. The van der Waals surface area contributed by atoms with Crippen LogP contribution in [0, 0.1) is 0 Å². The summed E-state index contributed by atoms with van der Waals surface area (Å²) in [6.07, 6.45) is 1.83. The Morgan fingerprint density at radius 1 is 1.04 bits per heavy atom. The van der Waals surface area contributed by atoms with Gasteiger partial charge in [-0.05, 0) is 55.0 Å². The summed E-state index contributed by atoms with van der Waals surface area (Å²) in [6.45, 7) is 1.49. The van der Waals surface area contributed by atoms with E-state index in [9.17, 15) is 9.59 Å². The van der Waals surface area contributed by atoms with E-state index >= 15 is 0 Å². The first-order valence-corrected chi connectivity index (χ1v) is 8.47. The number of esters is 1. The van der Waals surface area contributed by atoms with Crippen molar-refractivity contribution in [3.63, 3.8) is 0 Å². The number of carbonyl (C=O) groups excluding carboxylic acids is 2. The predicted octanol–water partition coefficient (Wildman–Crippen LogP) is 3.94. The minimum atomic E-state index is -0.960. The van der Waals surface area contributed by atoms with E-state index in [0.29, 0.717) is 27.8 Å². The van der Waals surface area contributed by atoms with Crippen molar-refractivity contribution in [2.75, 3.05) is 19.5 Å². The van der Waals surface area contributed by atoms with E-state index < -0.39 is 18.0 Å². The zero-order valence-corrected chi connectivity index (χ0v) is 15.9. The van der Waals surface area contributed by atoms with Crippen LogP contribution >= 0.6 is 11.6 Å². The maximum atomic E-state index is 12.1. The van der Waals surface area contributed by atoms with Crippen molar-refractivity contribution >= 4 is 35.2 Å². The van der Waals surface area contributed by atoms with Crippen molar-refractivity contribution in [2.45, 2.75) is 13.0 Å². The number of halogens is 1. The van der Waals surface area contributed by atoms with Gasteiger partial charge < -0.3 is 19.5 Å². The van der Waals surface area contributed by atoms with Crippen molar-refractivity contribution < 1.29 is 23.8 Å². The van der Waals surface area contributed by atoms with E-state index in [2.05, 4.69) is 5.32 Å². The van der Waals surface area contributed by atoms with Crippen LogP contribution in [-0.2, 0) is 14.3 Å². The molecule has 0 heterocycles. The van der Waals surface area contributed by atoms with Crippen LogP contribution in [0.15, 0.2) is 48.5 Å². The van der Waals surface area contributed by atoms with E-state index in [1.54, 1.807) is 48.5 Å². The van der Waals surface area contributed by atoms with Gasteiger partial charge in [0.05, 0.1) is 14.2 Å². The molecule has 0 bridgehead atoms. The standard InChI is InChI=1S/C20H20ClNO5/c1-13(20(24)22-16-7-5-15(21)6-8-16)27-19(23)9-4-14-10-17(25-2)12-18(11-14)26-3/h4-13H,1-3H3,(H,22,24)/b9-4+/t13-/m0/s1. The summed E-state index contributed by atoms with van der Waals surface area (Å²) in [6, 6.07) is 11.8. The fourth-order valence-corrected chi connectivity index (χ4v) is 2.26. The number of nitrogens with one attached hydrogen (secondary N) is 1. The van der Waals surface area contributed by atoms with Crippen LogP contribution in [0.3, 0.4) is 0 Å². The highest BCUT2D eigenvalue weighted by Gasteiger charge is 2.16. The third-order valence-electron chi connectivity index (χ3n) is 3.56. The molecule has 0 spiro atoms. The van der Waals surface area contributed by atoms with Crippen molar-refractivity contribution in [2.24, 2.45) is 0 Å². The van der Waals surface area contributed by atoms with Gasteiger partial charge >= 0.3 is 5.97 Å². The summed E-state index contributed by atoms with van der Waals surface area (Å²) >= 11 is 5.80. The summed E-state index contributed by atoms with van der Waals surface area (Å²) < 4.78 is 15.5. The Morgan fingerprint density at radius 2 is 1.63 bits per heavy atom. The molecule has 0 unspecified atom stereocenters. The molecule has 6 nitrogen and oxygen atoms in total. The molecule has 142 valence electrons. The first-order chi connectivity index (χ1) is 12.9. The lowest BCUT2D eigenvalue weighted by atomic mass is 10.2. The average molecular weight is 390 g/mol. The SMILES string of the molecule is COc1cc(/C=C/C(=O)O[C@@H](C)C(=O)Nc2ccc(Cl)cc2)cc(OC)c1. The van der Waals surface area contributed by atoms with E-state index in [0.717, 1.165) is 0 Å². The van der Waals surface area contributed by atoms with Crippen LogP contribution in [0.25, 0.3) is 6.08 Å². The predicted molar refractivity (Wildman–Crippen MR) is 104 cm³/mol. The molecule has 0 saturated heterocycles. The van der Waals surface area contributed by atoms with Gasteiger partial charge in [0, 0.05) is 22.9 Å². The number of amides is 1. The monoisotopic (exact) mass is 389 g/mol. The highest BCUT2D eigenvalue weighted by molar-refractivity contribution is 6.30. The molecule has 1 atom stereocenters. The van der Waals surface area contributed by atoms with Crippen LogP contribution in [0.5, 0.6) is 11.5 Å². The molecule has 0 radical (unpaired) electrons. The lowest BCUT2D eigenvalue weighted by Gasteiger charge is -2.12. The number of ether oxygens (including phenoxy) is 3. The van der Waals surface area contributed by atoms with Gasteiger partial charge in [-0.1, -0.05) is 11.6 Å². The number of benzene rings is 2. The van der Waals surface area contributed by atoms with Gasteiger partial charge in [-0.15, -0.1) is 0 Å². The van der Waals surface area contributed by atoms with E-state index in [1.165, 1.54) is 27.2 Å². The van der Waals surface area contributed by atoms with Crippen molar-refractivity contribution in [1.82, 2.24) is 0 Å². The smallest absolute Gasteiger partial charge is 0.331 e. The van der Waals surface area contributed by atoms with E-state index in [1.807, 2.05) is 0 Å². The van der Waals surface area contributed by atoms with E-state index in [4.69, 9.17) is 25.8 Å². The highest BCUT2D eigenvalue weighted by atomic mass is 35.5. The van der Waals surface area contributed by atoms with Gasteiger partial charge in [-0.25, -0.2) is 4.79 Å². The second-order valence-corrected chi connectivity index (χ2v) is 5.99. The zero-order chi connectivity index (χ0) is 19.8. The number of methoxy groups -OCH3 is 2. The molecule has 2 rings (SSSR count). The molecule has 0 aromatic heterocycles. The lowest BCUT2D eigenvalue weighted by Crippen LogP contribution is -2.29. The normalized spacial score (nSPS) is 11.7. The fraction of sp³-hybridized carbons (Fsp3) is 0.200. The average Bonchev–Trinajstić information content (AvgIpc) is 2.67. The summed E-state index contributed by atoms with van der Waals surface area (Å²) in [5, 5.41) is 3.21. The number of hydrogen-bond acceptors (Lipinski definition) is 5. The number of anilines is 1. The Labute approximate surface area is 162 Å². The molecule has 2 aromatic rings. The van der Waals surface area contributed by atoms with Gasteiger partial charge in [0.15, 0.2) is 6.10 Å². The Kier molecular flexibility index (Phi) is 7.25. The summed E-state index contributed by atoms with van der Waals surface area (Å²) in [5.74, 6) is 0.105. The topological polar surface area (TPSA) is 73.9 Å². The molecule has 7 heteroatoms. The maximum absolute atomic E-state index is 12.1. The second-order valence-electron chi connectivity index (χ2n) is 5.55. The Morgan fingerprint density at radius 3 is 2.19 bits per heavy atom. The molecule has 1 amide bonds. The molecule has 27 heavy (non-hydrogen) atoms. The molecule has 0 aliphatic heterocycles. The summed E-state index contributed by atoms with van der Waals surface area (Å²) in [5.41, 5.74) is 1.26. The van der Waals surface area contributed by atoms with Crippen LogP contribution in [0.2, 0.25) is 5.02 Å². The van der Waals surface area contributed by atoms with Crippen molar-refractivity contribution in [1.29, 1.82) is 0 Å². The second kappa shape index (κ2) is 9.64. The number of carbonyl (C=O) groups is 2. The van der Waals surface area contributed by atoms with Gasteiger partial charge in [-0.3, -0.25) is 4.79 Å². The largest absolute Gasteiger partial charge is 0.497 e. The number of rotatable bonds is 7. The fourth-order valence-electron chi connectivity index (χ4n) is 2.13. The lowest BCUT2D eigenvalue weighted by molar-refractivity contribution is -0.148. The van der Waals surface area contributed by atoms with Gasteiger partial charge in [0.2, 0.25) is 0 Å². The minimum Gasteiger partial charge on any atom is -0.497 e. The summed E-state index contributed by atoms with van der Waals surface area (Å²) in [4.78, 5) is 24.1. The van der Waals surface area contributed by atoms with Gasteiger partial charge in [-0.2, -0.15) is 0 Å². The minimum absolute atomic E-state index is 0.442. The molecular weight excluding hydrogens is 370 g/mol. The molecule has 0 saturated carbocycles. The first kappa shape index (κ1) is 20.3. The van der Waals surface area contributed by atoms with Crippen LogP contribution in [0.1, 0.15) is 12.5 Å². The third kappa shape index (κ3) is 6.34. The Balaban J connectivity index is 1.94. The van der Waals surface area contributed by atoms with Gasteiger partial charge in [0.1, 0.15) is 11.5 Å². The molecule has 0 fully saturated rings. The Bertz CT molecular complexity index is 811. The van der Waals surface area contributed by atoms with Crippen LogP contribution < -0.4 is 14.8 Å². The zero-order valence-electron chi connectivity index (χ0n) is 15.2. The molecular formula is C20H20ClNO5. The van der Waals surface area contributed by atoms with Crippen LogP contribution in [-0.4, -0.2) is 32.2 Å². The van der Waals surface area contributed by atoms with Gasteiger partial charge in [0.25, 0.3) is 5.91 Å². The molecule has 1 N–H and O–H groups in total. The molecule has 0 aliphatic rings. The van der Waals surface area contributed by atoms with E-state index in [-0.39, 0.29) is 0 Å². The third-order valence-corrected chi connectivity index (χ3v) is 3.81. The summed E-state index contributed by atoms with van der Waals surface area (Å²) in [7, 11) is 3.08. The van der Waals surface area contributed by atoms with Crippen molar-refractivity contribution in [3.8, 4) is 11.5 Å². The first-order valence-electron chi connectivity index (χ1n) is 8.09. The number of hydrogen-bond donors (Lipinski definition) is 1.